The number of aliphatic imine (C=N–C) groups is 1. The van der Waals surface area contributed by atoms with E-state index in [-0.39, 0.29) is 0 Å². The number of hydrogen-bond donors (Lipinski definition) is 0. The number of hydrogen-bond acceptors (Lipinski definition) is 1. The van der Waals surface area contributed by atoms with Crippen LogP contribution in [0.4, 0.5) is 0 Å². The molecule has 0 bridgehead atoms. The second-order valence-electron chi connectivity index (χ2n) is 2.86. The van der Waals surface area contributed by atoms with Crippen LogP contribution in [0.5, 0.6) is 0 Å². The summed E-state index contributed by atoms with van der Waals surface area (Å²) in [5, 5.41) is 0. The molecule has 1 heteroatoms. The molecule has 1 aliphatic carbocycles. The van der Waals surface area contributed by atoms with Gasteiger partial charge in [-0.2, -0.15) is 0 Å². The minimum atomic E-state index is 1.13. The van der Waals surface area contributed by atoms with Gasteiger partial charge in [0.2, 0.25) is 0 Å². The van der Waals surface area contributed by atoms with Crippen molar-refractivity contribution in [2.24, 2.45) is 4.99 Å². The molecular formula is C10H15N. The molecule has 1 rings (SSSR count). The zero-order valence-electron chi connectivity index (χ0n) is 7.52. The Bertz CT molecular complexity index is 225. The fraction of sp³-hybridized carbons (Fsp3) is 0.500. The van der Waals surface area contributed by atoms with Crippen LogP contribution in [0.25, 0.3) is 0 Å². The molecule has 0 atom stereocenters. The molecule has 1 fully saturated rings. The average molecular weight is 149 g/mol. The molecule has 0 unspecified atom stereocenters. The second kappa shape index (κ2) is 3.51. The van der Waals surface area contributed by atoms with E-state index >= 15 is 0 Å². The van der Waals surface area contributed by atoms with Gasteiger partial charge >= 0.3 is 0 Å². The summed E-state index contributed by atoms with van der Waals surface area (Å²) in [7, 11) is 1.84. The van der Waals surface area contributed by atoms with Gasteiger partial charge in [-0.15, -0.1) is 0 Å². The molecule has 0 aliphatic heterocycles. The van der Waals surface area contributed by atoms with Crippen molar-refractivity contribution in [3.05, 3.63) is 23.3 Å². The minimum absolute atomic E-state index is 1.13. The van der Waals surface area contributed by atoms with Gasteiger partial charge in [-0.1, -0.05) is 17.7 Å². The quantitative estimate of drug-likeness (QED) is 0.535. The van der Waals surface area contributed by atoms with Gasteiger partial charge in [0, 0.05) is 12.8 Å². The van der Waals surface area contributed by atoms with E-state index in [0.717, 1.165) is 5.71 Å². The maximum Gasteiger partial charge on any atom is 0.0382 e. The first-order chi connectivity index (χ1) is 5.27. The highest BCUT2D eigenvalue weighted by Crippen LogP contribution is 2.29. The fourth-order valence-corrected chi connectivity index (χ4v) is 0.962. The Morgan fingerprint density at radius 2 is 2.09 bits per heavy atom. The Morgan fingerprint density at radius 1 is 1.45 bits per heavy atom. The molecule has 1 nitrogen and oxygen atoms in total. The van der Waals surface area contributed by atoms with Crippen LogP contribution in [0, 0.1) is 0 Å². The van der Waals surface area contributed by atoms with Gasteiger partial charge in [0.15, 0.2) is 0 Å². The third-order valence-electron chi connectivity index (χ3n) is 1.96. The molecule has 1 saturated carbocycles. The van der Waals surface area contributed by atoms with Crippen molar-refractivity contribution in [3.8, 4) is 0 Å². The Kier molecular flexibility index (Phi) is 2.64. The predicted octanol–water partition coefficient (Wildman–Crippen LogP) is 2.74. The molecule has 0 amide bonds. The van der Waals surface area contributed by atoms with Crippen molar-refractivity contribution in [3.63, 3.8) is 0 Å². The maximum absolute atomic E-state index is 4.14. The van der Waals surface area contributed by atoms with E-state index in [9.17, 15) is 0 Å². The number of allylic oxidation sites excluding steroid dienone is 4. The minimum Gasteiger partial charge on any atom is -0.293 e. The summed E-state index contributed by atoms with van der Waals surface area (Å²) in [4.78, 5) is 4.14. The van der Waals surface area contributed by atoms with Gasteiger partial charge in [0.05, 0.1) is 0 Å². The Balaban J connectivity index is 2.72. The van der Waals surface area contributed by atoms with Crippen molar-refractivity contribution < 1.29 is 0 Å². The van der Waals surface area contributed by atoms with Gasteiger partial charge in [0.1, 0.15) is 0 Å². The first-order valence-electron chi connectivity index (χ1n) is 4.07. The molecule has 0 spiro atoms. The van der Waals surface area contributed by atoms with E-state index in [2.05, 4.69) is 31.0 Å². The van der Waals surface area contributed by atoms with Crippen LogP contribution < -0.4 is 0 Å². The standard InChI is InChI=1S/C10H15N/c1-4-10(8(2)11-3)7-9-5-6-9/h4,7H,5-6H2,1-3H3/b10-4-,11-8?. The molecule has 0 N–H and O–H groups in total. The van der Waals surface area contributed by atoms with Gasteiger partial charge < -0.3 is 0 Å². The van der Waals surface area contributed by atoms with Crippen LogP contribution in [0.2, 0.25) is 0 Å². The van der Waals surface area contributed by atoms with Gasteiger partial charge in [0.25, 0.3) is 0 Å². The third-order valence-corrected chi connectivity index (χ3v) is 1.96. The van der Waals surface area contributed by atoms with E-state index in [1.807, 2.05) is 7.05 Å². The SMILES string of the molecule is C/C=C(/C=C1CC1)C(C)=NC. The van der Waals surface area contributed by atoms with Crippen LogP contribution in [0.1, 0.15) is 26.7 Å². The number of rotatable bonds is 2. The summed E-state index contributed by atoms with van der Waals surface area (Å²) in [5.41, 5.74) is 3.97. The molecule has 0 aromatic heterocycles. The largest absolute Gasteiger partial charge is 0.293 e. The highest BCUT2D eigenvalue weighted by Gasteiger charge is 2.11. The zero-order chi connectivity index (χ0) is 8.27. The first kappa shape index (κ1) is 8.25. The van der Waals surface area contributed by atoms with Crippen LogP contribution in [0.15, 0.2) is 28.3 Å². The van der Waals surface area contributed by atoms with Crippen molar-refractivity contribution in [2.75, 3.05) is 7.05 Å². The summed E-state index contributed by atoms with van der Waals surface area (Å²) < 4.78 is 0. The van der Waals surface area contributed by atoms with Crippen molar-refractivity contribution in [1.82, 2.24) is 0 Å². The van der Waals surface area contributed by atoms with Gasteiger partial charge in [-0.25, -0.2) is 0 Å². The number of nitrogens with zero attached hydrogens (tertiary/aromatic N) is 1. The normalized spacial score (nSPS) is 18.6. The van der Waals surface area contributed by atoms with Crippen molar-refractivity contribution in [1.29, 1.82) is 0 Å². The first-order valence-corrected chi connectivity index (χ1v) is 4.07. The molecule has 1 aliphatic rings. The molecule has 60 valence electrons. The molecular weight excluding hydrogens is 134 g/mol. The third kappa shape index (κ3) is 2.34. The highest BCUT2D eigenvalue weighted by molar-refractivity contribution is 6.00. The van der Waals surface area contributed by atoms with E-state index in [1.165, 1.54) is 18.4 Å². The smallest absolute Gasteiger partial charge is 0.0382 e. The maximum atomic E-state index is 4.14. The fourth-order valence-electron chi connectivity index (χ4n) is 0.962. The monoisotopic (exact) mass is 149 g/mol. The second-order valence-corrected chi connectivity index (χ2v) is 2.86. The average Bonchev–Trinajstić information content (AvgIpc) is 2.82. The summed E-state index contributed by atoms with van der Waals surface area (Å²) in [6.45, 7) is 4.11. The van der Waals surface area contributed by atoms with Crippen LogP contribution in [0.3, 0.4) is 0 Å². The Labute approximate surface area is 68.5 Å². The lowest BCUT2D eigenvalue weighted by Gasteiger charge is -1.97. The molecule has 0 radical (unpaired) electrons. The lowest BCUT2D eigenvalue weighted by Crippen LogP contribution is -1.93. The van der Waals surface area contributed by atoms with Gasteiger partial charge in [-0.05, 0) is 32.3 Å². The molecule has 0 saturated heterocycles. The highest BCUT2D eigenvalue weighted by atomic mass is 14.7. The van der Waals surface area contributed by atoms with Gasteiger partial charge in [-0.3, -0.25) is 4.99 Å². The Hall–Kier alpha value is -0.850. The van der Waals surface area contributed by atoms with E-state index in [4.69, 9.17) is 0 Å². The summed E-state index contributed by atoms with van der Waals surface area (Å²) in [6.07, 6.45) is 6.94. The molecule has 11 heavy (non-hydrogen) atoms. The van der Waals surface area contributed by atoms with Crippen LogP contribution in [-0.2, 0) is 0 Å². The zero-order valence-corrected chi connectivity index (χ0v) is 7.52. The van der Waals surface area contributed by atoms with E-state index < -0.39 is 0 Å². The van der Waals surface area contributed by atoms with Crippen LogP contribution in [-0.4, -0.2) is 12.8 Å². The topological polar surface area (TPSA) is 12.4 Å². The van der Waals surface area contributed by atoms with Crippen molar-refractivity contribution >= 4 is 5.71 Å². The predicted molar refractivity (Wildman–Crippen MR) is 50.1 cm³/mol. The Morgan fingerprint density at radius 3 is 2.45 bits per heavy atom. The summed E-state index contributed by atoms with van der Waals surface area (Å²) in [5.74, 6) is 0. The lowest BCUT2D eigenvalue weighted by atomic mass is 10.1. The summed E-state index contributed by atoms with van der Waals surface area (Å²) in [6, 6.07) is 0. The summed E-state index contributed by atoms with van der Waals surface area (Å²) >= 11 is 0. The lowest BCUT2D eigenvalue weighted by molar-refractivity contribution is 1.41. The van der Waals surface area contributed by atoms with Crippen molar-refractivity contribution in [2.45, 2.75) is 26.7 Å². The van der Waals surface area contributed by atoms with E-state index in [1.54, 1.807) is 5.57 Å². The molecule has 0 heterocycles. The van der Waals surface area contributed by atoms with Crippen LogP contribution >= 0.6 is 0 Å². The van der Waals surface area contributed by atoms with E-state index in [0.29, 0.717) is 0 Å². The molecule has 0 aromatic carbocycles. The molecule has 0 aromatic rings.